The van der Waals surface area contributed by atoms with Gasteiger partial charge in [-0.25, -0.2) is 4.68 Å². The van der Waals surface area contributed by atoms with Crippen molar-refractivity contribution in [1.82, 2.24) is 9.78 Å². The van der Waals surface area contributed by atoms with Gasteiger partial charge in [0.25, 0.3) is 0 Å². The Bertz CT molecular complexity index is 758. The van der Waals surface area contributed by atoms with Crippen molar-refractivity contribution in [2.45, 2.75) is 32.4 Å². The number of hydrogen-bond donors (Lipinski definition) is 0. The predicted molar refractivity (Wildman–Crippen MR) is 100.0 cm³/mol. The summed E-state index contributed by atoms with van der Waals surface area (Å²) in [6.45, 7) is 7.50. The Morgan fingerprint density at radius 1 is 1.36 bits per heavy atom. The van der Waals surface area contributed by atoms with Crippen molar-refractivity contribution in [3.05, 3.63) is 39.5 Å². The van der Waals surface area contributed by atoms with Crippen molar-refractivity contribution >= 4 is 25.4 Å². The molecule has 0 aliphatic carbocycles. The van der Waals surface area contributed by atoms with Crippen LogP contribution in [0.15, 0.2) is 24.4 Å². The lowest BCUT2D eigenvalue weighted by atomic mass is 10.1. The fourth-order valence-electron chi connectivity index (χ4n) is 2.28. The van der Waals surface area contributed by atoms with Gasteiger partial charge in [-0.05, 0) is 24.2 Å². The Labute approximate surface area is 152 Å². The molecule has 0 atom stereocenters. The summed E-state index contributed by atoms with van der Waals surface area (Å²) in [5.74, 6) is 0.483. The summed E-state index contributed by atoms with van der Waals surface area (Å²) in [6.07, 6.45) is 1.22. The molecule has 25 heavy (non-hydrogen) atoms. The van der Waals surface area contributed by atoms with E-state index in [-0.39, 0.29) is 12.4 Å². The molecule has 1 aromatic heterocycles. The molecule has 7 nitrogen and oxygen atoms in total. The minimum atomic E-state index is -1.21. The van der Waals surface area contributed by atoms with E-state index in [2.05, 4.69) is 24.7 Å². The third-order valence-corrected chi connectivity index (χ3v) is 5.58. The van der Waals surface area contributed by atoms with Crippen LogP contribution >= 0.6 is 11.6 Å². The van der Waals surface area contributed by atoms with Gasteiger partial charge in [0.05, 0.1) is 17.6 Å². The summed E-state index contributed by atoms with van der Waals surface area (Å²) in [5.41, 5.74) is 0.708. The van der Waals surface area contributed by atoms with Gasteiger partial charge in [-0.15, -0.1) is 0 Å². The Morgan fingerprint density at radius 3 is 2.68 bits per heavy atom. The molecule has 1 aromatic carbocycles. The van der Waals surface area contributed by atoms with Crippen molar-refractivity contribution in [3.8, 4) is 17.0 Å². The molecule has 0 unspecified atom stereocenters. The van der Waals surface area contributed by atoms with E-state index in [1.165, 1.54) is 18.0 Å². The van der Waals surface area contributed by atoms with Gasteiger partial charge in [-0.1, -0.05) is 31.2 Å². The molecule has 0 spiro atoms. The van der Waals surface area contributed by atoms with Gasteiger partial charge < -0.3 is 9.47 Å². The van der Waals surface area contributed by atoms with E-state index in [4.69, 9.17) is 21.1 Å². The molecule has 0 aliphatic heterocycles. The monoisotopic (exact) mass is 383 g/mol. The van der Waals surface area contributed by atoms with Crippen molar-refractivity contribution in [2.24, 2.45) is 0 Å². The van der Waals surface area contributed by atoms with Crippen LogP contribution in [0, 0.1) is 10.1 Å². The van der Waals surface area contributed by atoms with Crippen LogP contribution in [0.3, 0.4) is 0 Å². The number of aromatic nitrogens is 2. The summed E-state index contributed by atoms with van der Waals surface area (Å²) in [7, 11) is 0.296. The molecule has 0 radical (unpaired) electrons. The zero-order chi connectivity index (χ0) is 18.6. The van der Waals surface area contributed by atoms with Crippen LogP contribution in [-0.4, -0.2) is 36.5 Å². The van der Waals surface area contributed by atoms with Crippen LogP contribution in [0.1, 0.15) is 0 Å². The molecule has 0 fully saturated rings. The first kappa shape index (κ1) is 19.4. The summed E-state index contributed by atoms with van der Waals surface area (Å²) in [5, 5.41) is 16.0. The second-order valence-corrected chi connectivity index (χ2v) is 12.9. The van der Waals surface area contributed by atoms with Gasteiger partial charge in [0.2, 0.25) is 0 Å². The molecule has 2 aromatic rings. The van der Waals surface area contributed by atoms with E-state index in [1.54, 1.807) is 18.2 Å². The fourth-order valence-corrected chi connectivity index (χ4v) is 3.21. The minimum Gasteiger partial charge on any atom is -0.496 e. The molecule has 0 N–H and O–H groups in total. The zero-order valence-corrected chi connectivity index (χ0v) is 16.5. The molecule has 0 saturated carbocycles. The minimum absolute atomic E-state index is 0.116. The second kappa shape index (κ2) is 7.98. The van der Waals surface area contributed by atoms with Gasteiger partial charge in [-0.3, -0.25) is 10.1 Å². The van der Waals surface area contributed by atoms with E-state index in [0.29, 0.717) is 28.6 Å². The van der Waals surface area contributed by atoms with Crippen LogP contribution in [-0.2, 0) is 11.5 Å². The molecule has 136 valence electrons. The Kier molecular flexibility index (Phi) is 6.20. The highest BCUT2D eigenvalue weighted by atomic mass is 35.5. The Hall–Kier alpha value is -1.90. The van der Waals surface area contributed by atoms with Crippen LogP contribution < -0.4 is 4.74 Å². The molecular formula is C16H22ClN3O4Si. The number of nitro groups is 1. The highest BCUT2D eigenvalue weighted by Gasteiger charge is 2.25. The second-order valence-electron chi connectivity index (χ2n) is 6.83. The van der Waals surface area contributed by atoms with Crippen LogP contribution in [0.25, 0.3) is 11.3 Å². The van der Waals surface area contributed by atoms with Gasteiger partial charge in [0.15, 0.2) is 5.69 Å². The lowest BCUT2D eigenvalue weighted by Crippen LogP contribution is -2.22. The number of hydrogen-bond acceptors (Lipinski definition) is 5. The standard InChI is InChI=1S/C16H22ClN3O4Si/c1-23-15-6-5-12(17)9-13(15)16-14(20(21)22)10-18-19(16)11-24-7-8-25(2,3)4/h5-6,9-10H,7-8,11H2,1-4H3. The lowest BCUT2D eigenvalue weighted by Gasteiger charge is -2.16. The predicted octanol–water partition coefficient (Wildman–Crippen LogP) is 4.43. The quantitative estimate of drug-likeness (QED) is 0.291. The number of nitrogens with zero attached hydrogens (tertiary/aromatic N) is 3. The first-order valence-electron chi connectivity index (χ1n) is 7.85. The average Bonchev–Trinajstić information content (AvgIpc) is 2.94. The highest BCUT2D eigenvalue weighted by molar-refractivity contribution is 6.76. The maximum Gasteiger partial charge on any atom is 0.315 e. The van der Waals surface area contributed by atoms with E-state index in [9.17, 15) is 10.1 Å². The first-order chi connectivity index (χ1) is 11.7. The third kappa shape index (κ3) is 5.04. The van der Waals surface area contributed by atoms with Crippen LogP contribution in [0.5, 0.6) is 5.75 Å². The fraction of sp³-hybridized carbons (Fsp3) is 0.438. The van der Waals surface area contributed by atoms with Gasteiger partial charge in [-0.2, -0.15) is 5.10 Å². The zero-order valence-electron chi connectivity index (χ0n) is 14.8. The van der Waals surface area contributed by atoms with E-state index >= 15 is 0 Å². The number of rotatable bonds is 8. The number of ether oxygens (including phenoxy) is 2. The number of benzene rings is 1. The van der Waals surface area contributed by atoms with Crippen molar-refractivity contribution in [2.75, 3.05) is 13.7 Å². The maximum atomic E-state index is 11.4. The molecule has 0 bridgehead atoms. The molecular weight excluding hydrogens is 362 g/mol. The molecule has 2 rings (SSSR count). The van der Waals surface area contributed by atoms with Crippen LogP contribution in [0.4, 0.5) is 5.69 Å². The SMILES string of the molecule is COc1ccc(Cl)cc1-c1c([N+](=O)[O-])cnn1COCC[Si](C)(C)C. The van der Waals surface area contributed by atoms with E-state index in [1.807, 2.05) is 0 Å². The Morgan fingerprint density at radius 2 is 2.08 bits per heavy atom. The van der Waals surface area contributed by atoms with E-state index in [0.717, 1.165) is 6.04 Å². The maximum absolute atomic E-state index is 11.4. The molecule has 9 heteroatoms. The normalized spacial score (nSPS) is 11.6. The van der Waals surface area contributed by atoms with Gasteiger partial charge in [0, 0.05) is 19.7 Å². The van der Waals surface area contributed by atoms with Crippen molar-refractivity contribution in [3.63, 3.8) is 0 Å². The molecule has 1 heterocycles. The number of halogens is 1. The smallest absolute Gasteiger partial charge is 0.315 e. The lowest BCUT2D eigenvalue weighted by molar-refractivity contribution is -0.384. The first-order valence-corrected chi connectivity index (χ1v) is 11.9. The average molecular weight is 384 g/mol. The Balaban J connectivity index is 2.34. The molecule has 0 aliphatic rings. The third-order valence-electron chi connectivity index (χ3n) is 3.64. The molecule has 0 saturated heterocycles. The van der Waals surface area contributed by atoms with E-state index < -0.39 is 13.0 Å². The topological polar surface area (TPSA) is 79.4 Å². The highest BCUT2D eigenvalue weighted by Crippen LogP contribution is 2.37. The largest absolute Gasteiger partial charge is 0.496 e. The molecule has 0 amide bonds. The van der Waals surface area contributed by atoms with Crippen LogP contribution in [0.2, 0.25) is 30.7 Å². The van der Waals surface area contributed by atoms with Gasteiger partial charge >= 0.3 is 5.69 Å². The number of methoxy groups -OCH3 is 1. The van der Waals surface area contributed by atoms with Gasteiger partial charge in [0.1, 0.15) is 18.7 Å². The summed E-state index contributed by atoms with van der Waals surface area (Å²) < 4.78 is 12.5. The summed E-state index contributed by atoms with van der Waals surface area (Å²) in [4.78, 5) is 10.9. The van der Waals surface area contributed by atoms with Crippen molar-refractivity contribution < 1.29 is 14.4 Å². The summed E-state index contributed by atoms with van der Waals surface area (Å²) >= 11 is 6.07. The van der Waals surface area contributed by atoms with Crippen molar-refractivity contribution in [1.29, 1.82) is 0 Å². The summed E-state index contributed by atoms with van der Waals surface area (Å²) in [6, 6.07) is 5.97.